The van der Waals surface area contributed by atoms with E-state index in [4.69, 9.17) is 4.74 Å². The number of carboxylic acids is 1. The van der Waals surface area contributed by atoms with Gasteiger partial charge in [-0.15, -0.1) is 5.10 Å². The zero-order valence-electron chi connectivity index (χ0n) is 16.0. The Labute approximate surface area is 172 Å². The van der Waals surface area contributed by atoms with Crippen LogP contribution in [0.2, 0.25) is 0 Å². The predicted molar refractivity (Wildman–Crippen MR) is 111 cm³/mol. The number of aromatic amines is 1. The number of H-pyrrole nitrogens is 1. The van der Waals surface area contributed by atoms with Crippen LogP contribution in [0.25, 0.3) is 10.9 Å². The zero-order valence-corrected chi connectivity index (χ0v) is 16.0. The first-order chi connectivity index (χ1) is 14.6. The van der Waals surface area contributed by atoms with Crippen LogP contribution in [-0.2, 0) is 11.2 Å². The van der Waals surface area contributed by atoms with Gasteiger partial charge in [-0.25, -0.2) is 4.79 Å². The monoisotopic (exact) mass is 398 g/mol. The van der Waals surface area contributed by atoms with Crippen LogP contribution < -0.4 is 4.74 Å². The van der Waals surface area contributed by atoms with Gasteiger partial charge in [0.15, 0.2) is 5.78 Å². The average molecular weight is 398 g/mol. The summed E-state index contributed by atoms with van der Waals surface area (Å²) in [5.41, 5.74) is 5.08. The number of nitrogens with one attached hydrogen (secondary N) is 1. The van der Waals surface area contributed by atoms with Gasteiger partial charge in [-0.1, -0.05) is 48.5 Å². The maximum absolute atomic E-state index is 13.3. The summed E-state index contributed by atoms with van der Waals surface area (Å²) >= 11 is 0. The molecule has 6 nitrogen and oxygen atoms in total. The molecule has 30 heavy (non-hydrogen) atoms. The van der Waals surface area contributed by atoms with Gasteiger partial charge in [0.25, 0.3) is 0 Å². The molecule has 6 heteroatoms. The smallest absolute Gasteiger partial charge is 0.335 e. The van der Waals surface area contributed by atoms with E-state index >= 15 is 0 Å². The number of aromatic nitrogens is 2. The van der Waals surface area contributed by atoms with Crippen molar-refractivity contribution in [2.75, 3.05) is 6.61 Å². The summed E-state index contributed by atoms with van der Waals surface area (Å²) in [6, 6.07) is 20.6. The van der Waals surface area contributed by atoms with E-state index in [0.717, 1.165) is 28.7 Å². The Morgan fingerprint density at radius 1 is 1.00 bits per heavy atom. The summed E-state index contributed by atoms with van der Waals surface area (Å²) in [4.78, 5) is 24.5. The number of hydrogen-bond donors (Lipinski definition) is 2. The fourth-order valence-corrected chi connectivity index (χ4v) is 4.13. The van der Waals surface area contributed by atoms with Crippen LogP contribution in [0.1, 0.15) is 38.5 Å². The second kappa shape index (κ2) is 7.15. The Hall–Kier alpha value is -3.93. The highest BCUT2D eigenvalue weighted by Crippen LogP contribution is 2.37. The highest BCUT2D eigenvalue weighted by molar-refractivity contribution is 5.95. The molecule has 0 unspecified atom stereocenters. The summed E-state index contributed by atoms with van der Waals surface area (Å²) in [6.07, 6.45) is 0.805. The number of ketones is 1. The molecule has 1 aromatic heterocycles. The van der Waals surface area contributed by atoms with Gasteiger partial charge in [0, 0.05) is 0 Å². The third kappa shape index (κ3) is 3.03. The molecule has 148 valence electrons. The highest BCUT2D eigenvalue weighted by atomic mass is 16.5. The Morgan fingerprint density at radius 2 is 1.67 bits per heavy atom. The molecule has 0 radical (unpaired) electrons. The molecule has 3 aromatic carbocycles. The molecule has 4 aromatic rings. The van der Waals surface area contributed by atoms with Crippen molar-refractivity contribution in [1.29, 1.82) is 0 Å². The molecule has 0 bridgehead atoms. The van der Waals surface area contributed by atoms with Crippen LogP contribution in [0.4, 0.5) is 0 Å². The molecule has 1 heterocycles. The third-order valence-corrected chi connectivity index (χ3v) is 5.56. The lowest BCUT2D eigenvalue weighted by molar-refractivity contribution is -0.121. The maximum atomic E-state index is 13.3. The highest BCUT2D eigenvalue weighted by Gasteiger charge is 2.31. The van der Waals surface area contributed by atoms with Gasteiger partial charge in [0.1, 0.15) is 6.61 Å². The van der Waals surface area contributed by atoms with Crippen molar-refractivity contribution in [3.8, 4) is 5.88 Å². The van der Waals surface area contributed by atoms with Crippen molar-refractivity contribution in [2.45, 2.75) is 12.3 Å². The normalized spacial score (nSPS) is 12.9. The van der Waals surface area contributed by atoms with Crippen molar-refractivity contribution in [2.24, 2.45) is 0 Å². The van der Waals surface area contributed by atoms with Crippen LogP contribution in [0.15, 0.2) is 66.7 Å². The number of ether oxygens (including phenoxy) is 1. The van der Waals surface area contributed by atoms with Crippen LogP contribution in [0.3, 0.4) is 0 Å². The van der Waals surface area contributed by atoms with E-state index in [-0.39, 0.29) is 23.8 Å². The fraction of sp³-hybridized carbons (Fsp3) is 0.125. The quantitative estimate of drug-likeness (QED) is 0.531. The van der Waals surface area contributed by atoms with Crippen LogP contribution in [0.5, 0.6) is 5.88 Å². The number of carbonyl (C=O) groups excluding carboxylic acids is 1. The number of Topliss-reactive ketones (excluding diaryl/α,β-unsaturated/α-hetero) is 1. The number of fused-ring (bicyclic) bond motifs is 3. The van der Waals surface area contributed by atoms with E-state index < -0.39 is 11.9 Å². The minimum absolute atomic E-state index is 0.0693. The number of hydrogen-bond acceptors (Lipinski definition) is 4. The second-order valence-corrected chi connectivity index (χ2v) is 7.36. The summed E-state index contributed by atoms with van der Waals surface area (Å²) < 4.78 is 5.75. The first-order valence-electron chi connectivity index (χ1n) is 9.64. The van der Waals surface area contributed by atoms with E-state index in [1.165, 1.54) is 12.1 Å². The number of rotatable bonds is 5. The van der Waals surface area contributed by atoms with Crippen molar-refractivity contribution in [3.05, 3.63) is 94.5 Å². The first kappa shape index (κ1) is 18.1. The predicted octanol–water partition coefficient (Wildman–Crippen LogP) is 3.95. The number of carboxylic acid groups (broad SMARTS) is 1. The Morgan fingerprint density at radius 3 is 2.33 bits per heavy atom. The van der Waals surface area contributed by atoms with Crippen LogP contribution >= 0.6 is 0 Å². The summed E-state index contributed by atoms with van der Waals surface area (Å²) in [5.74, 6) is -1.28. The molecule has 0 saturated carbocycles. The van der Waals surface area contributed by atoms with Gasteiger partial charge in [0.2, 0.25) is 5.88 Å². The lowest BCUT2D eigenvalue weighted by Crippen LogP contribution is -2.25. The van der Waals surface area contributed by atoms with E-state index in [1.54, 1.807) is 6.07 Å². The van der Waals surface area contributed by atoms with E-state index in [0.29, 0.717) is 10.9 Å². The molecule has 1 aliphatic carbocycles. The molecule has 5 rings (SSSR count). The van der Waals surface area contributed by atoms with Gasteiger partial charge in [-0.3, -0.25) is 9.89 Å². The van der Waals surface area contributed by atoms with Crippen molar-refractivity contribution in [3.63, 3.8) is 0 Å². The number of benzene rings is 3. The van der Waals surface area contributed by atoms with Crippen molar-refractivity contribution in [1.82, 2.24) is 10.2 Å². The third-order valence-electron chi connectivity index (χ3n) is 5.56. The van der Waals surface area contributed by atoms with E-state index in [1.807, 2.05) is 36.4 Å². The van der Waals surface area contributed by atoms with Gasteiger partial charge >= 0.3 is 5.97 Å². The van der Waals surface area contributed by atoms with Gasteiger partial charge < -0.3 is 9.84 Å². The molecule has 0 spiro atoms. The fourth-order valence-electron chi connectivity index (χ4n) is 4.13. The van der Waals surface area contributed by atoms with Gasteiger partial charge in [-0.2, -0.15) is 0 Å². The molecule has 0 aliphatic heterocycles. The van der Waals surface area contributed by atoms with Crippen LogP contribution in [-0.4, -0.2) is 33.7 Å². The molecule has 0 amide bonds. The summed E-state index contributed by atoms with van der Waals surface area (Å²) in [7, 11) is 0. The Kier molecular flexibility index (Phi) is 4.32. The van der Waals surface area contributed by atoms with E-state index in [2.05, 4.69) is 22.3 Å². The Balaban J connectivity index is 1.45. The number of aromatic carboxylic acids is 1. The standard InChI is InChI=1S/C24H18N2O4/c27-21(13-30-23-19-12-16(24(28)29)9-10-20(19)25-26-23)22-17-7-3-1-5-14(17)11-15-6-2-4-8-18(15)22/h1-10,12,22H,11,13H2,(H,25,26)(H,28,29). The van der Waals surface area contributed by atoms with Crippen molar-refractivity contribution >= 4 is 22.7 Å². The Bertz CT molecular complexity index is 1250. The van der Waals surface area contributed by atoms with E-state index in [9.17, 15) is 14.7 Å². The van der Waals surface area contributed by atoms with Crippen molar-refractivity contribution < 1.29 is 19.4 Å². The number of carbonyl (C=O) groups is 2. The first-order valence-corrected chi connectivity index (χ1v) is 9.64. The minimum atomic E-state index is -1.03. The zero-order chi connectivity index (χ0) is 20.7. The number of nitrogens with zero attached hydrogens (tertiary/aromatic N) is 1. The molecule has 2 N–H and O–H groups in total. The molecular formula is C24H18N2O4. The maximum Gasteiger partial charge on any atom is 0.335 e. The molecule has 0 fully saturated rings. The molecular weight excluding hydrogens is 380 g/mol. The average Bonchev–Trinajstić information content (AvgIpc) is 3.18. The molecule has 0 saturated heterocycles. The summed E-state index contributed by atoms with van der Waals surface area (Å²) in [5, 5.41) is 16.7. The topological polar surface area (TPSA) is 92.3 Å². The van der Waals surface area contributed by atoms with Crippen LogP contribution in [0, 0.1) is 0 Å². The summed E-state index contributed by atoms with van der Waals surface area (Å²) in [6.45, 7) is -0.162. The largest absolute Gasteiger partial charge is 0.478 e. The second-order valence-electron chi connectivity index (χ2n) is 7.36. The minimum Gasteiger partial charge on any atom is -0.478 e. The SMILES string of the molecule is O=C(O)c1ccc2[nH]nc(OCC(=O)C3c4ccccc4Cc4ccccc43)c2c1. The lowest BCUT2D eigenvalue weighted by atomic mass is 9.76. The molecule has 1 aliphatic rings. The van der Waals surface area contributed by atoms with Gasteiger partial charge in [0.05, 0.1) is 22.4 Å². The molecule has 0 atom stereocenters. The van der Waals surface area contributed by atoms with Gasteiger partial charge in [-0.05, 0) is 46.9 Å². The lowest BCUT2D eigenvalue weighted by Gasteiger charge is -2.27.